The van der Waals surface area contributed by atoms with E-state index in [4.69, 9.17) is 16.0 Å². The fraction of sp³-hybridized carbons (Fsp3) is 0.0952. The quantitative estimate of drug-likeness (QED) is 0.211. The van der Waals surface area contributed by atoms with Crippen molar-refractivity contribution < 1.29 is 18.5 Å². The Kier molecular flexibility index (Phi) is 6.71. The minimum absolute atomic E-state index is 0.0918. The zero-order valence-corrected chi connectivity index (χ0v) is 18.3. The van der Waals surface area contributed by atoms with Gasteiger partial charge in [0.1, 0.15) is 17.3 Å². The van der Waals surface area contributed by atoms with Gasteiger partial charge in [-0.1, -0.05) is 23.4 Å². The molecule has 0 spiro atoms. The average Bonchev–Trinajstić information content (AvgIpc) is 3.44. The van der Waals surface area contributed by atoms with Crippen molar-refractivity contribution in [2.45, 2.75) is 11.7 Å². The monoisotopic (exact) mass is 487 g/mol. The lowest BCUT2D eigenvalue weighted by Gasteiger charge is -2.09. The lowest BCUT2D eigenvalue weighted by molar-refractivity contribution is -0.384. The number of nitro groups is 1. The van der Waals surface area contributed by atoms with E-state index in [-0.39, 0.29) is 11.4 Å². The number of hydrogen-bond donors (Lipinski definition) is 1. The number of carbonyl (C=O) groups excluding carboxylic acids is 1. The van der Waals surface area contributed by atoms with Crippen molar-refractivity contribution in [3.63, 3.8) is 0 Å². The fourth-order valence-electron chi connectivity index (χ4n) is 2.99. The van der Waals surface area contributed by atoms with E-state index < -0.39 is 22.3 Å². The summed E-state index contributed by atoms with van der Waals surface area (Å²) in [6.45, 7) is 0.325. The number of aromatic nitrogens is 3. The number of nitrogens with one attached hydrogen (secondary N) is 1. The van der Waals surface area contributed by atoms with Gasteiger partial charge in [0.25, 0.3) is 5.69 Å². The van der Waals surface area contributed by atoms with Crippen LogP contribution in [0.3, 0.4) is 0 Å². The second-order valence-electron chi connectivity index (χ2n) is 6.73. The summed E-state index contributed by atoms with van der Waals surface area (Å²) in [4.78, 5) is 22.8. The van der Waals surface area contributed by atoms with Crippen LogP contribution in [0.1, 0.15) is 5.76 Å². The summed E-state index contributed by atoms with van der Waals surface area (Å²) >= 11 is 7.08. The highest BCUT2D eigenvalue weighted by molar-refractivity contribution is 7.99. The van der Waals surface area contributed by atoms with Crippen molar-refractivity contribution in [1.82, 2.24) is 14.8 Å². The molecule has 0 radical (unpaired) electrons. The number of amides is 1. The molecule has 0 bridgehead atoms. The van der Waals surface area contributed by atoms with Crippen LogP contribution in [0.4, 0.5) is 15.8 Å². The Morgan fingerprint density at radius 1 is 1.21 bits per heavy atom. The van der Waals surface area contributed by atoms with E-state index in [0.29, 0.717) is 28.3 Å². The number of halogens is 2. The van der Waals surface area contributed by atoms with Crippen molar-refractivity contribution in [3.8, 4) is 11.4 Å². The van der Waals surface area contributed by atoms with Gasteiger partial charge >= 0.3 is 0 Å². The van der Waals surface area contributed by atoms with E-state index in [0.717, 1.165) is 35.5 Å². The van der Waals surface area contributed by atoms with Crippen LogP contribution in [0.2, 0.25) is 5.02 Å². The topological polar surface area (TPSA) is 116 Å². The summed E-state index contributed by atoms with van der Waals surface area (Å²) in [7, 11) is 0. The minimum atomic E-state index is -0.769. The summed E-state index contributed by atoms with van der Waals surface area (Å²) in [5.41, 5.74) is 0.155. The van der Waals surface area contributed by atoms with Crippen LogP contribution >= 0.6 is 23.4 Å². The number of nitro benzene ring substituents is 1. The lowest BCUT2D eigenvalue weighted by Crippen LogP contribution is -2.16. The van der Waals surface area contributed by atoms with E-state index in [1.165, 1.54) is 0 Å². The molecule has 0 aliphatic carbocycles. The van der Waals surface area contributed by atoms with E-state index in [1.807, 2.05) is 0 Å². The highest BCUT2D eigenvalue weighted by Gasteiger charge is 2.20. The number of anilines is 1. The van der Waals surface area contributed by atoms with Gasteiger partial charge in [-0.2, -0.15) is 0 Å². The SMILES string of the molecule is O=C(CSc1nnc(-c2ccc(Cl)cc2)n1Cc1ccco1)Nc1ccc(F)cc1[N+](=O)[O-]. The normalized spacial score (nSPS) is 10.8. The Morgan fingerprint density at radius 2 is 2.00 bits per heavy atom. The predicted octanol–water partition coefficient (Wildman–Crippen LogP) is 5.02. The Bertz CT molecular complexity index is 1290. The minimum Gasteiger partial charge on any atom is -0.467 e. The third kappa shape index (κ3) is 5.38. The summed E-state index contributed by atoms with van der Waals surface area (Å²) in [5, 5.41) is 23.0. The predicted molar refractivity (Wildman–Crippen MR) is 121 cm³/mol. The summed E-state index contributed by atoms with van der Waals surface area (Å²) < 4.78 is 20.6. The molecule has 4 aromatic rings. The molecule has 9 nitrogen and oxygen atoms in total. The lowest BCUT2D eigenvalue weighted by atomic mass is 10.2. The van der Waals surface area contributed by atoms with Crippen LogP contribution in [-0.4, -0.2) is 31.3 Å². The smallest absolute Gasteiger partial charge is 0.295 e. The summed E-state index contributed by atoms with van der Waals surface area (Å²) in [6, 6.07) is 13.6. The molecule has 0 atom stereocenters. The highest BCUT2D eigenvalue weighted by Crippen LogP contribution is 2.28. The molecule has 0 aliphatic rings. The van der Waals surface area contributed by atoms with Gasteiger partial charge in [0.2, 0.25) is 5.91 Å². The third-order valence-electron chi connectivity index (χ3n) is 4.48. The Balaban J connectivity index is 1.54. The number of furan rings is 1. The molecule has 4 rings (SSSR count). The maximum atomic E-state index is 13.3. The van der Waals surface area contributed by atoms with Crippen molar-refractivity contribution in [1.29, 1.82) is 0 Å². The van der Waals surface area contributed by atoms with Crippen LogP contribution in [0, 0.1) is 15.9 Å². The van der Waals surface area contributed by atoms with Gasteiger partial charge in [0.15, 0.2) is 11.0 Å². The molecule has 0 fully saturated rings. The molecule has 2 heterocycles. The second-order valence-corrected chi connectivity index (χ2v) is 8.11. The molecule has 0 unspecified atom stereocenters. The highest BCUT2D eigenvalue weighted by atomic mass is 35.5. The zero-order chi connectivity index (χ0) is 23.4. The molecule has 1 N–H and O–H groups in total. The van der Waals surface area contributed by atoms with Gasteiger partial charge in [0.05, 0.1) is 29.6 Å². The average molecular weight is 488 g/mol. The van der Waals surface area contributed by atoms with Gasteiger partial charge in [-0.3, -0.25) is 19.5 Å². The Hall–Kier alpha value is -3.70. The van der Waals surface area contributed by atoms with Crippen molar-refractivity contribution >= 4 is 40.6 Å². The summed E-state index contributed by atoms with van der Waals surface area (Å²) in [5.74, 6) is -0.172. The number of rotatable bonds is 8. The Labute approximate surface area is 195 Å². The first-order valence-electron chi connectivity index (χ1n) is 9.49. The van der Waals surface area contributed by atoms with Crippen LogP contribution in [0.25, 0.3) is 11.4 Å². The second kappa shape index (κ2) is 9.84. The first kappa shape index (κ1) is 22.5. The van der Waals surface area contributed by atoms with Gasteiger partial charge in [-0.15, -0.1) is 10.2 Å². The molecule has 12 heteroatoms. The molecule has 0 aliphatic heterocycles. The molecule has 33 heavy (non-hydrogen) atoms. The molecule has 2 aromatic carbocycles. The number of thioether (sulfide) groups is 1. The van der Waals surface area contributed by atoms with E-state index in [9.17, 15) is 19.3 Å². The van der Waals surface area contributed by atoms with E-state index in [1.54, 1.807) is 47.2 Å². The van der Waals surface area contributed by atoms with Gasteiger partial charge in [0, 0.05) is 10.6 Å². The summed E-state index contributed by atoms with van der Waals surface area (Å²) in [6.07, 6.45) is 1.55. The van der Waals surface area contributed by atoms with Crippen LogP contribution < -0.4 is 5.32 Å². The maximum Gasteiger partial charge on any atom is 0.295 e. The first-order valence-corrected chi connectivity index (χ1v) is 10.8. The molecule has 168 valence electrons. The third-order valence-corrected chi connectivity index (χ3v) is 5.69. The number of hydrogen-bond acceptors (Lipinski definition) is 7. The molecular formula is C21H15ClFN5O4S. The largest absolute Gasteiger partial charge is 0.467 e. The van der Waals surface area contributed by atoms with Crippen molar-refractivity contribution in [2.75, 3.05) is 11.1 Å². The number of nitrogens with zero attached hydrogens (tertiary/aromatic N) is 4. The van der Waals surface area contributed by atoms with Crippen LogP contribution in [0.5, 0.6) is 0 Å². The van der Waals surface area contributed by atoms with Crippen molar-refractivity contribution in [3.05, 3.63) is 87.6 Å². The van der Waals surface area contributed by atoms with Gasteiger partial charge in [-0.25, -0.2) is 4.39 Å². The molecule has 2 aromatic heterocycles. The maximum absolute atomic E-state index is 13.3. The van der Waals surface area contributed by atoms with Gasteiger partial charge < -0.3 is 9.73 Å². The number of carbonyl (C=O) groups is 1. The van der Waals surface area contributed by atoms with Gasteiger partial charge in [-0.05, 0) is 48.5 Å². The first-order chi connectivity index (χ1) is 15.9. The zero-order valence-electron chi connectivity index (χ0n) is 16.8. The van der Waals surface area contributed by atoms with Crippen LogP contribution in [-0.2, 0) is 11.3 Å². The molecule has 0 saturated heterocycles. The standard InChI is InChI=1S/C21H15ClFN5O4S/c22-14-5-3-13(4-6-14)20-25-26-21(27(20)11-16-2-1-9-32-16)33-12-19(29)24-17-8-7-15(23)10-18(17)28(30)31/h1-10H,11-12H2,(H,24,29). The molecular weight excluding hydrogens is 473 g/mol. The molecule has 0 saturated carbocycles. The van der Waals surface area contributed by atoms with E-state index in [2.05, 4.69) is 15.5 Å². The number of benzene rings is 2. The van der Waals surface area contributed by atoms with Crippen LogP contribution in [0.15, 0.2) is 70.4 Å². The fourth-order valence-corrected chi connectivity index (χ4v) is 3.85. The Morgan fingerprint density at radius 3 is 2.70 bits per heavy atom. The van der Waals surface area contributed by atoms with Crippen molar-refractivity contribution in [2.24, 2.45) is 0 Å². The molecule has 1 amide bonds. The van der Waals surface area contributed by atoms with E-state index >= 15 is 0 Å².